The molecule has 5 rings (SSSR count). The van der Waals surface area contributed by atoms with Crippen LogP contribution in [-0.2, 0) is 6.54 Å². The van der Waals surface area contributed by atoms with E-state index in [2.05, 4.69) is 30.2 Å². The zero-order chi connectivity index (χ0) is 13.8. The molecule has 1 aromatic heterocycles. The predicted molar refractivity (Wildman–Crippen MR) is 81.2 cm³/mol. The zero-order valence-corrected chi connectivity index (χ0v) is 12.8. The van der Waals surface area contributed by atoms with Crippen LogP contribution in [0.1, 0.15) is 57.9 Å². The maximum atomic E-state index is 4.24. The number of hydrogen-bond donors (Lipinski definition) is 1. The van der Waals surface area contributed by atoms with E-state index in [1.165, 1.54) is 44.1 Å². The fraction of sp³-hybridized carbons (Fsp3) is 0.722. The minimum Gasteiger partial charge on any atom is -0.307 e. The Morgan fingerprint density at radius 1 is 1.15 bits per heavy atom. The topological polar surface area (TPSA) is 24.9 Å². The van der Waals surface area contributed by atoms with Crippen LogP contribution in [0.2, 0.25) is 0 Å². The molecule has 4 bridgehead atoms. The Morgan fingerprint density at radius 2 is 1.90 bits per heavy atom. The summed E-state index contributed by atoms with van der Waals surface area (Å²) >= 11 is 0. The highest BCUT2D eigenvalue weighted by Gasteiger charge is 2.59. The van der Waals surface area contributed by atoms with E-state index in [1.54, 1.807) is 0 Å². The third kappa shape index (κ3) is 2.09. The van der Waals surface area contributed by atoms with Gasteiger partial charge in [-0.15, -0.1) is 0 Å². The molecule has 0 radical (unpaired) electrons. The first-order valence-corrected chi connectivity index (χ1v) is 8.12. The summed E-state index contributed by atoms with van der Waals surface area (Å²) < 4.78 is 0. The number of nitrogens with one attached hydrogen (secondary N) is 1. The lowest BCUT2D eigenvalue weighted by molar-refractivity contribution is -0.118. The van der Waals surface area contributed by atoms with E-state index in [4.69, 9.17) is 0 Å². The van der Waals surface area contributed by atoms with Crippen molar-refractivity contribution >= 4 is 0 Å². The van der Waals surface area contributed by atoms with E-state index in [-0.39, 0.29) is 0 Å². The average molecular weight is 270 g/mol. The smallest absolute Gasteiger partial charge is 0.0312 e. The molecule has 4 aliphatic rings. The van der Waals surface area contributed by atoms with Crippen molar-refractivity contribution in [3.05, 3.63) is 30.1 Å². The van der Waals surface area contributed by atoms with Gasteiger partial charge in [-0.05, 0) is 66.9 Å². The zero-order valence-electron chi connectivity index (χ0n) is 12.8. The molecule has 4 saturated carbocycles. The van der Waals surface area contributed by atoms with Gasteiger partial charge in [0, 0.05) is 24.5 Å². The molecule has 20 heavy (non-hydrogen) atoms. The second kappa shape index (κ2) is 4.07. The molecule has 0 spiro atoms. The van der Waals surface area contributed by atoms with Crippen molar-refractivity contribution in [2.45, 2.75) is 64.5 Å². The van der Waals surface area contributed by atoms with Crippen LogP contribution in [-0.4, -0.2) is 10.5 Å². The van der Waals surface area contributed by atoms with E-state index >= 15 is 0 Å². The number of nitrogens with zero attached hydrogens (tertiary/aromatic N) is 1. The molecule has 0 saturated heterocycles. The average Bonchev–Trinajstić information content (AvgIpc) is 2.33. The van der Waals surface area contributed by atoms with E-state index in [0.29, 0.717) is 16.4 Å². The van der Waals surface area contributed by atoms with Crippen molar-refractivity contribution in [1.82, 2.24) is 10.3 Å². The summed E-state index contributed by atoms with van der Waals surface area (Å²) in [5.74, 6) is 0.961. The lowest BCUT2D eigenvalue weighted by atomic mass is 9.43. The summed E-state index contributed by atoms with van der Waals surface area (Å²) in [5, 5.41) is 3.95. The third-order valence-electron chi connectivity index (χ3n) is 6.02. The number of pyridine rings is 1. The van der Waals surface area contributed by atoms with Crippen LogP contribution < -0.4 is 5.32 Å². The lowest BCUT2D eigenvalue weighted by Gasteiger charge is -2.65. The molecular weight excluding hydrogens is 244 g/mol. The predicted octanol–water partition coefficient (Wildman–Crippen LogP) is 3.92. The third-order valence-corrected chi connectivity index (χ3v) is 6.02. The highest BCUT2D eigenvalue weighted by Crippen LogP contribution is 2.66. The molecule has 4 fully saturated rings. The van der Waals surface area contributed by atoms with Gasteiger partial charge in [-0.25, -0.2) is 0 Å². The molecule has 1 heterocycles. The van der Waals surface area contributed by atoms with Crippen LogP contribution in [0, 0.1) is 16.7 Å². The maximum Gasteiger partial charge on any atom is 0.0312 e. The van der Waals surface area contributed by atoms with Crippen LogP contribution in [0.3, 0.4) is 0 Å². The number of aromatic nitrogens is 1. The standard InChI is InChI=1S/C18H26N2/c1-16-6-15-7-17(2,11-16)13-18(8-15,12-16)20-10-14-4-3-5-19-9-14/h3-5,9,15,20H,6-8,10-13H2,1-2H3/t15?,16-,17-,18?/m1/s1. The van der Waals surface area contributed by atoms with Gasteiger partial charge in [-0.2, -0.15) is 0 Å². The van der Waals surface area contributed by atoms with Gasteiger partial charge in [-0.1, -0.05) is 19.9 Å². The molecule has 0 unspecified atom stereocenters. The Bertz CT molecular complexity index is 491. The molecule has 0 aromatic carbocycles. The van der Waals surface area contributed by atoms with Gasteiger partial charge in [0.15, 0.2) is 0 Å². The lowest BCUT2D eigenvalue weighted by Crippen LogP contribution is -2.63. The fourth-order valence-corrected chi connectivity index (χ4v) is 6.44. The minimum absolute atomic E-state index is 0.402. The first-order valence-electron chi connectivity index (χ1n) is 8.12. The van der Waals surface area contributed by atoms with E-state index in [0.717, 1.165) is 12.5 Å². The normalized spacial score (nSPS) is 45.8. The molecule has 1 aromatic rings. The van der Waals surface area contributed by atoms with E-state index < -0.39 is 0 Å². The van der Waals surface area contributed by atoms with Gasteiger partial charge < -0.3 is 5.32 Å². The van der Waals surface area contributed by atoms with Gasteiger partial charge >= 0.3 is 0 Å². The highest BCUT2D eigenvalue weighted by molar-refractivity contribution is 5.16. The summed E-state index contributed by atoms with van der Waals surface area (Å²) in [5.41, 5.74) is 2.91. The molecule has 4 aliphatic carbocycles. The Labute approximate surface area is 122 Å². The van der Waals surface area contributed by atoms with Crippen molar-refractivity contribution in [2.24, 2.45) is 16.7 Å². The second-order valence-corrected chi connectivity index (χ2v) is 8.63. The first-order chi connectivity index (χ1) is 9.49. The summed E-state index contributed by atoms with van der Waals surface area (Å²) in [4.78, 5) is 4.24. The van der Waals surface area contributed by atoms with Crippen LogP contribution in [0.25, 0.3) is 0 Å². The van der Waals surface area contributed by atoms with Gasteiger partial charge in [0.2, 0.25) is 0 Å². The molecule has 1 N–H and O–H groups in total. The SMILES string of the molecule is C[C@]12CC3CC(NCc4cccnc4)(C1)C[C@](C)(C3)C2. The Kier molecular flexibility index (Phi) is 2.61. The second-order valence-electron chi connectivity index (χ2n) is 8.63. The molecule has 2 atom stereocenters. The van der Waals surface area contributed by atoms with Crippen LogP contribution >= 0.6 is 0 Å². The monoisotopic (exact) mass is 270 g/mol. The Balaban J connectivity index is 1.55. The van der Waals surface area contributed by atoms with Crippen LogP contribution in [0.4, 0.5) is 0 Å². The van der Waals surface area contributed by atoms with Gasteiger partial charge in [-0.3, -0.25) is 4.98 Å². The maximum absolute atomic E-state index is 4.24. The number of rotatable bonds is 3. The fourth-order valence-electron chi connectivity index (χ4n) is 6.44. The number of hydrogen-bond acceptors (Lipinski definition) is 2. The summed E-state index contributed by atoms with van der Waals surface area (Å²) in [6.45, 7) is 6.05. The summed E-state index contributed by atoms with van der Waals surface area (Å²) in [6, 6.07) is 4.23. The summed E-state index contributed by atoms with van der Waals surface area (Å²) in [7, 11) is 0. The van der Waals surface area contributed by atoms with Gasteiger partial charge in [0.1, 0.15) is 0 Å². The van der Waals surface area contributed by atoms with E-state index in [9.17, 15) is 0 Å². The quantitative estimate of drug-likeness (QED) is 0.900. The van der Waals surface area contributed by atoms with Crippen molar-refractivity contribution in [2.75, 3.05) is 0 Å². The molecule has 0 amide bonds. The molecule has 0 aliphatic heterocycles. The first kappa shape index (κ1) is 12.8. The van der Waals surface area contributed by atoms with Gasteiger partial charge in [0.25, 0.3) is 0 Å². The highest BCUT2D eigenvalue weighted by atomic mass is 15.0. The van der Waals surface area contributed by atoms with Crippen molar-refractivity contribution < 1.29 is 0 Å². The molecule has 2 heteroatoms. The van der Waals surface area contributed by atoms with Crippen LogP contribution in [0.5, 0.6) is 0 Å². The van der Waals surface area contributed by atoms with Gasteiger partial charge in [0.05, 0.1) is 0 Å². The van der Waals surface area contributed by atoms with Crippen LogP contribution in [0.15, 0.2) is 24.5 Å². The Hall–Kier alpha value is -0.890. The minimum atomic E-state index is 0.402. The Morgan fingerprint density at radius 3 is 2.50 bits per heavy atom. The molecule has 108 valence electrons. The van der Waals surface area contributed by atoms with Crippen molar-refractivity contribution in [3.8, 4) is 0 Å². The molecular formula is C18H26N2. The summed E-state index contributed by atoms with van der Waals surface area (Å²) in [6.07, 6.45) is 12.4. The molecule has 2 nitrogen and oxygen atoms in total. The van der Waals surface area contributed by atoms with Crippen molar-refractivity contribution in [1.29, 1.82) is 0 Å². The largest absolute Gasteiger partial charge is 0.307 e. The van der Waals surface area contributed by atoms with Crippen molar-refractivity contribution in [3.63, 3.8) is 0 Å². The van der Waals surface area contributed by atoms with E-state index in [1.807, 2.05) is 18.5 Å².